The molecule has 5 nitrogen and oxygen atoms in total. The standard InChI is InChI=1S/C46H34N4O/c1-46(2,3)30-26-36-33-17-7-9-20-38(33)48-42(36)37(27-30)45-49-43-32(19-12-21-39(43)50(45)31-15-5-4-6-16-31)28-13-11-14-29(25-28)41-44-35(23-24-47-41)34-18-8-10-22-40(34)51-44/h4-27,48H,1-3H3. The van der Waals surface area contributed by atoms with E-state index in [-0.39, 0.29) is 5.41 Å². The van der Waals surface area contributed by atoms with Crippen LogP contribution in [0.1, 0.15) is 26.3 Å². The zero-order valence-electron chi connectivity index (χ0n) is 28.6. The van der Waals surface area contributed by atoms with Crippen molar-refractivity contribution in [2.24, 2.45) is 0 Å². The average Bonchev–Trinajstić information content (AvgIpc) is 3.86. The van der Waals surface area contributed by atoms with Crippen molar-refractivity contribution in [2.45, 2.75) is 26.2 Å². The van der Waals surface area contributed by atoms with Crippen LogP contribution in [0, 0.1) is 0 Å². The maximum Gasteiger partial charge on any atom is 0.161 e. The highest BCUT2D eigenvalue weighted by Gasteiger charge is 2.24. The van der Waals surface area contributed by atoms with Crippen LogP contribution in [0.15, 0.2) is 150 Å². The summed E-state index contributed by atoms with van der Waals surface area (Å²) in [6, 6.07) is 49.1. The van der Waals surface area contributed by atoms with Gasteiger partial charge in [-0.3, -0.25) is 9.55 Å². The van der Waals surface area contributed by atoms with Gasteiger partial charge < -0.3 is 9.40 Å². The number of aromatic amines is 1. The molecule has 6 aromatic carbocycles. The largest absolute Gasteiger partial charge is 0.454 e. The molecule has 1 N–H and O–H groups in total. The van der Waals surface area contributed by atoms with Crippen molar-refractivity contribution in [3.63, 3.8) is 0 Å². The second-order valence-electron chi connectivity index (χ2n) is 14.4. The predicted octanol–water partition coefficient (Wildman–Crippen LogP) is 12.3. The second-order valence-corrected chi connectivity index (χ2v) is 14.4. The summed E-state index contributed by atoms with van der Waals surface area (Å²) in [7, 11) is 0. The van der Waals surface area contributed by atoms with Crippen molar-refractivity contribution in [3.05, 3.63) is 151 Å². The number of furan rings is 1. The highest BCUT2D eigenvalue weighted by molar-refractivity contribution is 6.13. The summed E-state index contributed by atoms with van der Waals surface area (Å²) in [5.41, 5.74) is 13.1. The number of H-pyrrole nitrogens is 1. The van der Waals surface area contributed by atoms with Crippen LogP contribution in [0.25, 0.3) is 94.2 Å². The molecule has 0 radical (unpaired) electrons. The summed E-state index contributed by atoms with van der Waals surface area (Å²) in [5.74, 6) is 0.899. The van der Waals surface area contributed by atoms with E-state index in [1.54, 1.807) is 0 Å². The molecule has 10 rings (SSSR count). The highest BCUT2D eigenvalue weighted by Crippen LogP contribution is 2.42. The first-order chi connectivity index (χ1) is 24.9. The molecule has 0 saturated heterocycles. The Morgan fingerprint density at radius 3 is 2.25 bits per heavy atom. The Morgan fingerprint density at radius 2 is 1.39 bits per heavy atom. The Balaban J connectivity index is 1.23. The van der Waals surface area contributed by atoms with E-state index in [9.17, 15) is 0 Å². The Hall–Kier alpha value is -6.46. The van der Waals surface area contributed by atoms with Gasteiger partial charge in [-0.05, 0) is 71.1 Å². The zero-order valence-corrected chi connectivity index (χ0v) is 28.6. The van der Waals surface area contributed by atoms with Gasteiger partial charge in [-0.25, -0.2) is 4.98 Å². The van der Waals surface area contributed by atoms with E-state index in [1.807, 2.05) is 30.5 Å². The summed E-state index contributed by atoms with van der Waals surface area (Å²) in [4.78, 5) is 14.2. The molecule has 0 bridgehead atoms. The van der Waals surface area contributed by atoms with E-state index in [1.165, 1.54) is 16.3 Å². The first-order valence-corrected chi connectivity index (χ1v) is 17.4. The Kier molecular flexibility index (Phi) is 6.37. The summed E-state index contributed by atoms with van der Waals surface area (Å²) >= 11 is 0. The fraction of sp³-hybridized carbons (Fsp3) is 0.0870. The van der Waals surface area contributed by atoms with Gasteiger partial charge >= 0.3 is 0 Å². The lowest BCUT2D eigenvalue weighted by Gasteiger charge is -2.21. The van der Waals surface area contributed by atoms with Gasteiger partial charge in [0.1, 0.15) is 17.1 Å². The molecular formula is C46H34N4O. The van der Waals surface area contributed by atoms with Crippen LogP contribution in [0.4, 0.5) is 0 Å². The SMILES string of the molecule is CC(C)(C)c1cc(-c2nc3c(-c4cccc(-c5nccc6c5oc5ccccc56)c4)cccc3n2-c2ccccc2)c2[nH]c3ccccc3c2c1. The summed E-state index contributed by atoms with van der Waals surface area (Å²) in [6.45, 7) is 6.83. The van der Waals surface area contributed by atoms with Crippen molar-refractivity contribution in [3.8, 4) is 39.5 Å². The Labute approximate surface area is 294 Å². The molecule has 0 aliphatic rings. The molecule has 10 aromatic rings. The van der Waals surface area contributed by atoms with E-state index in [2.05, 4.69) is 146 Å². The predicted molar refractivity (Wildman–Crippen MR) is 211 cm³/mol. The molecule has 0 saturated carbocycles. The van der Waals surface area contributed by atoms with Crippen LogP contribution in [-0.4, -0.2) is 19.5 Å². The monoisotopic (exact) mass is 658 g/mol. The molecule has 0 fully saturated rings. The fourth-order valence-corrected chi connectivity index (χ4v) is 7.60. The van der Waals surface area contributed by atoms with Gasteiger partial charge in [-0.2, -0.15) is 0 Å². The van der Waals surface area contributed by atoms with Crippen molar-refractivity contribution >= 4 is 54.8 Å². The maximum atomic E-state index is 6.38. The number of hydrogen-bond acceptors (Lipinski definition) is 3. The van der Waals surface area contributed by atoms with E-state index in [0.29, 0.717) is 0 Å². The number of fused-ring (bicyclic) bond motifs is 7. The number of pyridine rings is 1. The van der Waals surface area contributed by atoms with E-state index in [4.69, 9.17) is 14.4 Å². The molecule has 0 aliphatic heterocycles. The van der Waals surface area contributed by atoms with E-state index >= 15 is 0 Å². The third-order valence-electron chi connectivity index (χ3n) is 10.2. The topological polar surface area (TPSA) is 59.6 Å². The second kappa shape index (κ2) is 11.0. The molecule has 0 aliphatic carbocycles. The van der Waals surface area contributed by atoms with E-state index in [0.717, 1.165) is 83.5 Å². The van der Waals surface area contributed by atoms with Gasteiger partial charge in [-0.15, -0.1) is 0 Å². The summed E-state index contributed by atoms with van der Waals surface area (Å²) in [5, 5.41) is 4.58. The zero-order chi connectivity index (χ0) is 34.3. The van der Waals surface area contributed by atoms with Crippen LogP contribution < -0.4 is 0 Å². The Bertz CT molecular complexity index is 2960. The molecular weight excluding hydrogens is 625 g/mol. The third-order valence-corrected chi connectivity index (χ3v) is 10.2. The first kappa shape index (κ1) is 29.5. The Morgan fingerprint density at radius 1 is 0.627 bits per heavy atom. The van der Waals surface area contributed by atoms with Gasteiger partial charge in [0, 0.05) is 55.6 Å². The van der Waals surface area contributed by atoms with Crippen LogP contribution in [0.2, 0.25) is 0 Å². The summed E-state index contributed by atoms with van der Waals surface area (Å²) in [6.07, 6.45) is 1.87. The van der Waals surface area contributed by atoms with Gasteiger partial charge in [-0.1, -0.05) is 106 Å². The lowest BCUT2D eigenvalue weighted by Crippen LogP contribution is -2.11. The minimum absolute atomic E-state index is 0.0623. The van der Waals surface area contributed by atoms with Crippen molar-refractivity contribution in [1.82, 2.24) is 19.5 Å². The molecule has 244 valence electrons. The number of rotatable bonds is 4. The maximum absolute atomic E-state index is 6.38. The van der Waals surface area contributed by atoms with Crippen LogP contribution in [0.5, 0.6) is 0 Å². The number of benzene rings is 6. The number of imidazole rings is 1. The molecule has 0 atom stereocenters. The number of nitrogens with zero attached hydrogens (tertiary/aromatic N) is 3. The van der Waals surface area contributed by atoms with Crippen LogP contribution >= 0.6 is 0 Å². The molecule has 0 unspecified atom stereocenters. The highest BCUT2D eigenvalue weighted by atomic mass is 16.3. The summed E-state index contributed by atoms with van der Waals surface area (Å²) < 4.78 is 8.69. The van der Waals surface area contributed by atoms with Crippen LogP contribution in [-0.2, 0) is 5.41 Å². The molecule has 5 heteroatoms. The average molecular weight is 659 g/mol. The number of nitrogens with one attached hydrogen (secondary N) is 1. The molecule has 0 amide bonds. The molecule has 4 aromatic heterocycles. The van der Waals surface area contributed by atoms with Crippen molar-refractivity contribution in [1.29, 1.82) is 0 Å². The van der Waals surface area contributed by atoms with Gasteiger partial charge in [0.15, 0.2) is 5.58 Å². The smallest absolute Gasteiger partial charge is 0.161 e. The van der Waals surface area contributed by atoms with Gasteiger partial charge in [0.05, 0.1) is 16.6 Å². The third kappa shape index (κ3) is 4.62. The molecule has 0 spiro atoms. The van der Waals surface area contributed by atoms with Crippen LogP contribution in [0.3, 0.4) is 0 Å². The molecule has 51 heavy (non-hydrogen) atoms. The van der Waals surface area contributed by atoms with E-state index < -0.39 is 0 Å². The number of aromatic nitrogens is 4. The molecule has 4 heterocycles. The number of para-hydroxylation sites is 4. The minimum atomic E-state index is -0.0623. The lowest BCUT2D eigenvalue weighted by atomic mass is 9.85. The van der Waals surface area contributed by atoms with Crippen molar-refractivity contribution in [2.75, 3.05) is 0 Å². The van der Waals surface area contributed by atoms with Gasteiger partial charge in [0.25, 0.3) is 0 Å². The fourth-order valence-electron chi connectivity index (χ4n) is 7.60. The first-order valence-electron chi connectivity index (χ1n) is 17.4. The normalized spacial score (nSPS) is 12.2. The minimum Gasteiger partial charge on any atom is -0.454 e. The number of hydrogen-bond donors (Lipinski definition) is 1. The lowest BCUT2D eigenvalue weighted by molar-refractivity contribution is 0.591. The quantitative estimate of drug-likeness (QED) is 0.205. The van der Waals surface area contributed by atoms with Crippen molar-refractivity contribution < 1.29 is 4.42 Å². The van der Waals surface area contributed by atoms with Gasteiger partial charge in [0.2, 0.25) is 0 Å².